The van der Waals surface area contributed by atoms with Crippen molar-refractivity contribution in [2.24, 2.45) is 0 Å². The summed E-state index contributed by atoms with van der Waals surface area (Å²) >= 11 is 0. The zero-order chi connectivity index (χ0) is 11.8. The van der Waals surface area contributed by atoms with Crippen LogP contribution in [0.15, 0.2) is 29.1 Å². The van der Waals surface area contributed by atoms with Crippen LogP contribution in [0.3, 0.4) is 0 Å². The van der Waals surface area contributed by atoms with E-state index in [1.807, 2.05) is 0 Å². The molecule has 16 heavy (non-hydrogen) atoms. The lowest BCUT2D eigenvalue weighted by Gasteiger charge is -2.08. The van der Waals surface area contributed by atoms with Crippen LogP contribution in [-0.4, -0.2) is 10.1 Å². The zero-order valence-electron chi connectivity index (χ0n) is 8.25. The van der Waals surface area contributed by atoms with Crippen LogP contribution in [0.4, 0.5) is 13.2 Å². The highest BCUT2D eigenvalue weighted by molar-refractivity contribution is 5.57. The van der Waals surface area contributed by atoms with Gasteiger partial charge in [-0.3, -0.25) is 0 Å². The zero-order valence-corrected chi connectivity index (χ0v) is 8.25. The molecule has 1 heterocycles. The van der Waals surface area contributed by atoms with Crippen molar-refractivity contribution in [3.63, 3.8) is 0 Å². The molecule has 0 aliphatic carbocycles. The molecular formula is C10H7F3N2O. The Hall–Kier alpha value is -1.85. The van der Waals surface area contributed by atoms with E-state index in [2.05, 4.69) is 14.7 Å². The Bertz CT molecular complexity index is 491. The highest BCUT2D eigenvalue weighted by Gasteiger charge is 2.31. The highest BCUT2D eigenvalue weighted by atomic mass is 19.4. The highest BCUT2D eigenvalue weighted by Crippen LogP contribution is 2.32. The van der Waals surface area contributed by atoms with Gasteiger partial charge in [0.05, 0.1) is 5.56 Å². The number of benzene rings is 1. The van der Waals surface area contributed by atoms with Crippen LogP contribution in [0.25, 0.3) is 11.4 Å². The number of hydrogen-bond donors (Lipinski definition) is 0. The van der Waals surface area contributed by atoms with E-state index in [1.54, 1.807) is 13.0 Å². The third kappa shape index (κ3) is 2.05. The number of aryl methyl sites for hydroxylation is 1. The van der Waals surface area contributed by atoms with Gasteiger partial charge in [-0.1, -0.05) is 5.16 Å². The van der Waals surface area contributed by atoms with Gasteiger partial charge in [0, 0.05) is 5.56 Å². The van der Waals surface area contributed by atoms with Gasteiger partial charge in [0.25, 0.3) is 0 Å². The van der Waals surface area contributed by atoms with E-state index in [0.29, 0.717) is 11.1 Å². The molecule has 3 nitrogen and oxygen atoms in total. The fraction of sp³-hybridized carbons (Fsp3) is 0.200. The Kier molecular flexibility index (Phi) is 2.41. The molecule has 0 unspecified atom stereocenters. The lowest BCUT2D eigenvalue weighted by molar-refractivity contribution is -0.137. The van der Waals surface area contributed by atoms with Crippen molar-refractivity contribution < 1.29 is 17.7 Å². The summed E-state index contributed by atoms with van der Waals surface area (Å²) in [6.07, 6.45) is -3.30. The topological polar surface area (TPSA) is 38.9 Å². The Labute approximate surface area is 88.9 Å². The molecule has 0 saturated carbocycles. The lowest BCUT2D eigenvalue weighted by Crippen LogP contribution is -2.05. The Morgan fingerprint density at radius 3 is 2.50 bits per heavy atom. The summed E-state index contributed by atoms with van der Waals surface area (Å²) in [6, 6.07) is 3.64. The summed E-state index contributed by atoms with van der Waals surface area (Å²) < 4.78 is 42.1. The normalized spacial score (nSPS) is 11.8. The average molecular weight is 228 g/mol. The number of rotatable bonds is 1. The first kappa shape index (κ1) is 10.7. The summed E-state index contributed by atoms with van der Waals surface area (Å²) in [5.41, 5.74) is 0.0722. The van der Waals surface area contributed by atoms with Crippen molar-refractivity contribution >= 4 is 0 Å². The van der Waals surface area contributed by atoms with Crippen LogP contribution in [0, 0.1) is 6.92 Å². The molecule has 0 amide bonds. The average Bonchev–Trinajstić information content (AvgIpc) is 2.68. The molecule has 1 aromatic carbocycles. The molecule has 0 fully saturated rings. The van der Waals surface area contributed by atoms with Crippen LogP contribution in [-0.2, 0) is 6.18 Å². The van der Waals surface area contributed by atoms with E-state index in [-0.39, 0.29) is 5.82 Å². The minimum absolute atomic E-state index is 0.147. The standard InChI is InChI=1S/C10H7F3N2O/c1-6-2-7(9-14-5-16-15-9)4-8(3-6)10(11,12)13/h2-5H,1H3. The van der Waals surface area contributed by atoms with Gasteiger partial charge in [0.1, 0.15) is 0 Å². The smallest absolute Gasteiger partial charge is 0.342 e. The first-order chi connectivity index (χ1) is 7.47. The van der Waals surface area contributed by atoms with E-state index in [1.165, 1.54) is 0 Å². The maximum Gasteiger partial charge on any atom is 0.416 e. The quantitative estimate of drug-likeness (QED) is 0.752. The van der Waals surface area contributed by atoms with Gasteiger partial charge in [0.15, 0.2) is 0 Å². The van der Waals surface area contributed by atoms with Crippen molar-refractivity contribution in [3.05, 3.63) is 35.7 Å². The van der Waals surface area contributed by atoms with Crippen molar-refractivity contribution in [1.82, 2.24) is 10.1 Å². The number of nitrogens with zero attached hydrogens (tertiary/aromatic N) is 2. The minimum Gasteiger partial charge on any atom is -0.342 e. The third-order valence-electron chi connectivity index (χ3n) is 2.02. The Balaban J connectivity index is 2.53. The fourth-order valence-electron chi connectivity index (χ4n) is 1.37. The summed E-state index contributed by atoms with van der Waals surface area (Å²) in [7, 11) is 0. The van der Waals surface area contributed by atoms with Gasteiger partial charge in [-0.2, -0.15) is 18.2 Å². The minimum atomic E-state index is -4.37. The van der Waals surface area contributed by atoms with Crippen molar-refractivity contribution in [1.29, 1.82) is 0 Å². The Morgan fingerprint density at radius 2 is 1.94 bits per heavy atom. The van der Waals surface area contributed by atoms with E-state index in [0.717, 1.165) is 18.5 Å². The summed E-state index contributed by atoms with van der Waals surface area (Å²) in [5, 5.41) is 3.50. The van der Waals surface area contributed by atoms with Crippen molar-refractivity contribution in [3.8, 4) is 11.4 Å². The third-order valence-corrected chi connectivity index (χ3v) is 2.02. The van der Waals surface area contributed by atoms with Gasteiger partial charge < -0.3 is 4.52 Å². The van der Waals surface area contributed by atoms with Gasteiger partial charge in [-0.25, -0.2) is 0 Å². The van der Waals surface area contributed by atoms with Gasteiger partial charge in [-0.05, 0) is 30.7 Å². The van der Waals surface area contributed by atoms with Gasteiger partial charge in [0.2, 0.25) is 12.2 Å². The lowest BCUT2D eigenvalue weighted by atomic mass is 10.1. The molecule has 0 aliphatic heterocycles. The molecule has 0 atom stereocenters. The monoisotopic (exact) mass is 228 g/mol. The van der Waals surface area contributed by atoms with Crippen molar-refractivity contribution in [2.75, 3.05) is 0 Å². The van der Waals surface area contributed by atoms with Crippen LogP contribution in [0.1, 0.15) is 11.1 Å². The second kappa shape index (κ2) is 3.62. The molecule has 0 bridgehead atoms. The second-order valence-corrected chi connectivity index (χ2v) is 3.34. The van der Waals surface area contributed by atoms with Crippen LogP contribution < -0.4 is 0 Å². The molecule has 0 saturated heterocycles. The summed E-state index contributed by atoms with van der Waals surface area (Å²) in [6.45, 7) is 1.58. The van der Waals surface area contributed by atoms with Gasteiger partial charge in [-0.15, -0.1) is 0 Å². The molecule has 2 rings (SSSR count). The SMILES string of the molecule is Cc1cc(-c2ncon2)cc(C(F)(F)F)c1. The maximum atomic E-state index is 12.5. The molecule has 0 spiro atoms. The molecule has 6 heteroatoms. The first-order valence-corrected chi connectivity index (χ1v) is 4.42. The number of alkyl halides is 3. The number of aromatic nitrogens is 2. The van der Waals surface area contributed by atoms with Crippen LogP contribution in [0.2, 0.25) is 0 Å². The van der Waals surface area contributed by atoms with E-state index in [9.17, 15) is 13.2 Å². The predicted octanol–water partition coefficient (Wildman–Crippen LogP) is 3.06. The molecule has 0 radical (unpaired) electrons. The number of halogens is 3. The number of hydrogen-bond acceptors (Lipinski definition) is 3. The van der Waals surface area contributed by atoms with E-state index < -0.39 is 11.7 Å². The van der Waals surface area contributed by atoms with Crippen LogP contribution in [0.5, 0.6) is 0 Å². The van der Waals surface area contributed by atoms with E-state index in [4.69, 9.17) is 0 Å². The first-order valence-electron chi connectivity index (χ1n) is 4.42. The molecule has 2 aromatic rings. The molecular weight excluding hydrogens is 221 g/mol. The molecule has 0 N–H and O–H groups in total. The maximum absolute atomic E-state index is 12.5. The summed E-state index contributed by atoms with van der Waals surface area (Å²) in [5.74, 6) is 0.147. The second-order valence-electron chi connectivity index (χ2n) is 3.34. The predicted molar refractivity (Wildman–Crippen MR) is 49.5 cm³/mol. The summed E-state index contributed by atoms with van der Waals surface area (Å²) in [4.78, 5) is 3.71. The molecule has 84 valence electrons. The van der Waals surface area contributed by atoms with Gasteiger partial charge >= 0.3 is 6.18 Å². The molecule has 1 aromatic heterocycles. The Morgan fingerprint density at radius 1 is 1.19 bits per heavy atom. The molecule has 0 aliphatic rings. The van der Waals surface area contributed by atoms with Crippen molar-refractivity contribution in [2.45, 2.75) is 13.1 Å². The largest absolute Gasteiger partial charge is 0.416 e. The van der Waals surface area contributed by atoms with Crippen LogP contribution >= 0.6 is 0 Å². The van der Waals surface area contributed by atoms with E-state index >= 15 is 0 Å². The fourth-order valence-corrected chi connectivity index (χ4v) is 1.37.